The van der Waals surface area contributed by atoms with E-state index in [1.165, 1.54) is 6.07 Å². The van der Waals surface area contributed by atoms with Crippen LogP contribution in [0.2, 0.25) is 0 Å². The zero-order chi connectivity index (χ0) is 21.1. The summed E-state index contributed by atoms with van der Waals surface area (Å²) in [5.74, 6) is 0.220. The number of rotatable bonds is 5. The fraction of sp³-hybridized carbons (Fsp3) is 0.304. The Morgan fingerprint density at radius 1 is 1.07 bits per heavy atom. The first-order valence-corrected chi connectivity index (χ1v) is 10.0. The molecule has 0 spiro atoms. The van der Waals surface area contributed by atoms with E-state index in [9.17, 15) is 9.59 Å². The van der Waals surface area contributed by atoms with Gasteiger partial charge in [0.05, 0.1) is 11.4 Å². The minimum absolute atomic E-state index is 0.244. The third-order valence-electron chi connectivity index (χ3n) is 5.28. The molecule has 1 atom stereocenters. The molecule has 0 radical (unpaired) electrons. The molecule has 0 bridgehead atoms. The van der Waals surface area contributed by atoms with Crippen LogP contribution in [0.5, 0.6) is 5.75 Å². The number of hydrogen-bond donors (Lipinski definition) is 1. The van der Waals surface area contributed by atoms with Crippen molar-refractivity contribution in [1.82, 2.24) is 4.90 Å². The number of nitrogens with one attached hydrogen (secondary N) is 1. The van der Waals surface area contributed by atoms with Gasteiger partial charge < -0.3 is 24.3 Å². The van der Waals surface area contributed by atoms with Gasteiger partial charge in [-0.3, -0.25) is 4.79 Å². The topological polar surface area (TPSA) is 75.0 Å². The highest BCUT2D eigenvalue weighted by Crippen LogP contribution is 2.27. The number of amides is 1. The van der Waals surface area contributed by atoms with Crippen LogP contribution < -0.4 is 20.6 Å². The summed E-state index contributed by atoms with van der Waals surface area (Å²) in [5.41, 5.74) is 1.78. The second-order valence-electron chi connectivity index (χ2n) is 7.51. The molecule has 1 N–H and O–H groups in total. The minimum atomic E-state index is -0.724. The lowest BCUT2D eigenvalue weighted by atomic mass is 10.2. The number of ether oxygens (including phenoxy) is 1. The summed E-state index contributed by atoms with van der Waals surface area (Å²) in [5, 5.41) is 3.78. The van der Waals surface area contributed by atoms with Crippen LogP contribution >= 0.6 is 0 Å². The van der Waals surface area contributed by atoms with Gasteiger partial charge >= 0.3 is 5.63 Å². The number of anilines is 2. The molecule has 30 heavy (non-hydrogen) atoms. The largest absolute Gasteiger partial charge is 0.481 e. The number of fused-ring (bicyclic) bond motifs is 1. The van der Waals surface area contributed by atoms with Crippen molar-refractivity contribution in [2.24, 2.45) is 0 Å². The molecule has 0 aliphatic carbocycles. The van der Waals surface area contributed by atoms with Crippen molar-refractivity contribution >= 4 is 28.3 Å². The molecule has 1 aliphatic rings. The van der Waals surface area contributed by atoms with Crippen molar-refractivity contribution < 1.29 is 13.9 Å². The van der Waals surface area contributed by atoms with Crippen molar-refractivity contribution in [2.75, 3.05) is 43.4 Å². The maximum absolute atomic E-state index is 12.8. The highest BCUT2D eigenvalue weighted by molar-refractivity contribution is 5.97. The first-order chi connectivity index (χ1) is 14.5. The molecule has 1 fully saturated rings. The fourth-order valence-electron chi connectivity index (χ4n) is 3.51. The van der Waals surface area contributed by atoms with E-state index in [1.54, 1.807) is 31.2 Å². The Balaban J connectivity index is 1.46. The van der Waals surface area contributed by atoms with Gasteiger partial charge in [0.25, 0.3) is 5.91 Å². The van der Waals surface area contributed by atoms with Crippen LogP contribution in [0.4, 0.5) is 11.4 Å². The predicted molar refractivity (Wildman–Crippen MR) is 117 cm³/mol. The molecule has 0 saturated carbocycles. The molecule has 4 rings (SSSR count). The second kappa shape index (κ2) is 8.59. The summed E-state index contributed by atoms with van der Waals surface area (Å²) in [6, 6.07) is 16.1. The zero-order valence-electron chi connectivity index (χ0n) is 17.1. The predicted octanol–water partition coefficient (Wildman–Crippen LogP) is 2.95. The molecule has 3 aromatic rings. The Morgan fingerprint density at radius 3 is 2.60 bits per heavy atom. The van der Waals surface area contributed by atoms with Crippen molar-refractivity contribution in [3.63, 3.8) is 0 Å². The average molecular weight is 407 g/mol. The van der Waals surface area contributed by atoms with E-state index in [4.69, 9.17) is 9.15 Å². The molecular weight excluding hydrogens is 382 g/mol. The van der Waals surface area contributed by atoms with Crippen molar-refractivity contribution in [1.29, 1.82) is 0 Å². The molecule has 156 valence electrons. The summed E-state index contributed by atoms with van der Waals surface area (Å²) < 4.78 is 11.0. The van der Waals surface area contributed by atoms with Gasteiger partial charge in [0.15, 0.2) is 6.10 Å². The van der Waals surface area contributed by atoms with Crippen LogP contribution in [0.3, 0.4) is 0 Å². The SMILES string of the molecule is CC(Oc1ccc2ccc(=O)oc2c1)C(=O)Nc1ccccc1N1CCN(C)CC1. The normalized spacial score (nSPS) is 15.7. The number of benzene rings is 2. The van der Waals surface area contributed by atoms with E-state index in [-0.39, 0.29) is 5.91 Å². The number of piperazine rings is 1. The van der Waals surface area contributed by atoms with Gasteiger partial charge in [-0.25, -0.2) is 4.79 Å². The Hall–Kier alpha value is -3.32. The van der Waals surface area contributed by atoms with Gasteiger partial charge in [0.2, 0.25) is 0 Å². The van der Waals surface area contributed by atoms with Gasteiger partial charge in [-0.05, 0) is 44.3 Å². The van der Waals surface area contributed by atoms with E-state index < -0.39 is 11.7 Å². The molecule has 7 nitrogen and oxygen atoms in total. The first kappa shape index (κ1) is 20.0. The van der Waals surface area contributed by atoms with Crippen molar-refractivity contribution in [3.05, 3.63) is 65.0 Å². The lowest BCUT2D eigenvalue weighted by Gasteiger charge is -2.35. The van der Waals surface area contributed by atoms with Crippen LogP contribution in [0.15, 0.2) is 63.8 Å². The standard InChI is InChI=1S/C23H25N3O4/c1-16(29-18-9-7-17-8-10-22(27)30-21(17)15-18)23(28)24-19-5-3-4-6-20(19)26-13-11-25(2)12-14-26/h3-10,15-16H,11-14H2,1-2H3,(H,24,28). The summed E-state index contributed by atoms with van der Waals surface area (Å²) in [6.45, 7) is 5.49. The Kier molecular flexibility index (Phi) is 5.72. The maximum Gasteiger partial charge on any atom is 0.336 e. The van der Waals surface area contributed by atoms with E-state index in [2.05, 4.69) is 22.2 Å². The quantitative estimate of drug-likeness (QED) is 0.656. The lowest BCUT2D eigenvalue weighted by molar-refractivity contribution is -0.122. The number of para-hydroxylation sites is 2. The molecular formula is C23H25N3O4. The van der Waals surface area contributed by atoms with Gasteiger partial charge in [-0.15, -0.1) is 0 Å². The van der Waals surface area contributed by atoms with Gasteiger partial charge in [0.1, 0.15) is 11.3 Å². The summed E-state index contributed by atoms with van der Waals surface area (Å²) in [6.07, 6.45) is -0.724. The summed E-state index contributed by atoms with van der Waals surface area (Å²) >= 11 is 0. The third kappa shape index (κ3) is 4.46. The molecule has 2 aromatic carbocycles. The second-order valence-corrected chi connectivity index (χ2v) is 7.51. The van der Waals surface area contributed by atoms with Crippen LogP contribution in [-0.4, -0.2) is 50.1 Å². The van der Waals surface area contributed by atoms with Crippen LogP contribution in [0.1, 0.15) is 6.92 Å². The number of carbonyl (C=O) groups is 1. The highest BCUT2D eigenvalue weighted by Gasteiger charge is 2.20. The number of nitrogens with zero attached hydrogens (tertiary/aromatic N) is 2. The number of hydrogen-bond acceptors (Lipinski definition) is 6. The van der Waals surface area contributed by atoms with E-state index >= 15 is 0 Å². The van der Waals surface area contributed by atoms with Gasteiger partial charge in [0, 0.05) is 43.7 Å². The molecule has 1 amide bonds. The van der Waals surface area contributed by atoms with Gasteiger partial charge in [-0.2, -0.15) is 0 Å². The van der Waals surface area contributed by atoms with Gasteiger partial charge in [-0.1, -0.05) is 12.1 Å². The smallest absolute Gasteiger partial charge is 0.336 e. The summed E-state index contributed by atoms with van der Waals surface area (Å²) in [7, 11) is 2.11. The van der Waals surface area contributed by atoms with Crippen molar-refractivity contribution in [2.45, 2.75) is 13.0 Å². The lowest BCUT2D eigenvalue weighted by Crippen LogP contribution is -2.44. The zero-order valence-corrected chi connectivity index (χ0v) is 17.1. The highest BCUT2D eigenvalue weighted by atomic mass is 16.5. The Bertz CT molecular complexity index is 1100. The first-order valence-electron chi connectivity index (χ1n) is 10.0. The van der Waals surface area contributed by atoms with E-state index in [1.807, 2.05) is 24.3 Å². The van der Waals surface area contributed by atoms with E-state index in [0.717, 1.165) is 42.9 Å². The molecule has 1 aliphatic heterocycles. The summed E-state index contributed by atoms with van der Waals surface area (Å²) in [4.78, 5) is 28.8. The number of likely N-dealkylation sites (N-methyl/N-ethyl adjacent to an activating group) is 1. The molecule has 1 aromatic heterocycles. The maximum atomic E-state index is 12.8. The van der Waals surface area contributed by atoms with Crippen molar-refractivity contribution in [3.8, 4) is 5.75 Å². The molecule has 2 heterocycles. The number of carbonyl (C=O) groups excluding carboxylic acids is 1. The van der Waals surface area contributed by atoms with E-state index in [0.29, 0.717) is 11.3 Å². The molecule has 1 saturated heterocycles. The molecule has 7 heteroatoms. The average Bonchev–Trinajstić information content (AvgIpc) is 2.74. The van der Waals surface area contributed by atoms with Crippen LogP contribution in [0, 0.1) is 0 Å². The fourth-order valence-corrected chi connectivity index (χ4v) is 3.51. The molecule has 1 unspecified atom stereocenters. The Morgan fingerprint density at radius 2 is 1.80 bits per heavy atom. The van der Waals surface area contributed by atoms with Crippen LogP contribution in [-0.2, 0) is 4.79 Å². The Labute approximate surface area is 174 Å². The third-order valence-corrected chi connectivity index (χ3v) is 5.28. The monoisotopic (exact) mass is 407 g/mol. The minimum Gasteiger partial charge on any atom is -0.481 e. The van der Waals surface area contributed by atoms with Crippen LogP contribution in [0.25, 0.3) is 11.0 Å².